The third kappa shape index (κ3) is 2.98. The highest BCUT2D eigenvalue weighted by atomic mass is 19.3. The van der Waals surface area contributed by atoms with E-state index in [2.05, 4.69) is 4.74 Å². The van der Waals surface area contributed by atoms with Crippen LogP contribution in [0, 0.1) is 0 Å². The quantitative estimate of drug-likeness (QED) is 0.631. The normalized spacial score (nSPS) is 25.2. The lowest BCUT2D eigenvalue weighted by molar-refractivity contribution is -0.0685. The van der Waals surface area contributed by atoms with E-state index in [-0.39, 0.29) is 13.2 Å². The molecule has 0 radical (unpaired) electrons. The number of nitrogens with zero attached hydrogens (tertiary/aromatic N) is 1. The Morgan fingerprint density at radius 3 is 2.83 bits per heavy atom. The van der Waals surface area contributed by atoms with Gasteiger partial charge in [-0.1, -0.05) is 0 Å². The van der Waals surface area contributed by atoms with Gasteiger partial charge in [0.1, 0.15) is 13.3 Å². The van der Waals surface area contributed by atoms with E-state index in [1.54, 1.807) is 0 Å². The monoisotopic (exact) mass is 183 g/mol. The van der Waals surface area contributed by atoms with Crippen molar-refractivity contribution < 1.29 is 17.9 Å². The molecule has 0 aromatic rings. The number of hydrogen-bond acceptors (Lipinski definition) is 2. The molecule has 12 heavy (non-hydrogen) atoms. The fraction of sp³-hybridized carbons (Fsp3) is 1.00. The zero-order valence-corrected chi connectivity index (χ0v) is 6.73. The van der Waals surface area contributed by atoms with E-state index < -0.39 is 25.7 Å². The predicted molar refractivity (Wildman–Crippen MR) is 38.2 cm³/mol. The molecule has 0 amide bonds. The molecule has 72 valence electrons. The first-order valence-electron chi connectivity index (χ1n) is 3.88. The van der Waals surface area contributed by atoms with Crippen LogP contribution in [-0.2, 0) is 4.74 Å². The summed E-state index contributed by atoms with van der Waals surface area (Å²) in [4.78, 5) is 1.38. The van der Waals surface area contributed by atoms with Gasteiger partial charge in [0.15, 0.2) is 0 Å². The summed E-state index contributed by atoms with van der Waals surface area (Å²) in [6.07, 6.45) is 0. The Labute approximate surface area is 69.3 Å². The minimum atomic E-state index is -2.83. The van der Waals surface area contributed by atoms with Gasteiger partial charge in [-0.05, 0) is 0 Å². The molecule has 1 heterocycles. The Hall–Kier alpha value is -0.290. The minimum Gasteiger partial charge on any atom is -0.374 e. The van der Waals surface area contributed by atoms with Gasteiger partial charge in [0.25, 0.3) is 5.92 Å². The largest absolute Gasteiger partial charge is 0.374 e. The van der Waals surface area contributed by atoms with Gasteiger partial charge in [-0.3, -0.25) is 4.90 Å². The summed E-state index contributed by atoms with van der Waals surface area (Å²) in [5.41, 5.74) is 0. The Kier molecular flexibility index (Phi) is 3.34. The van der Waals surface area contributed by atoms with Crippen LogP contribution in [0.5, 0.6) is 0 Å². The van der Waals surface area contributed by atoms with Gasteiger partial charge >= 0.3 is 0 Å². The molecular formula is C7H12F3NO. The first-order valence-corrected chi connectivity index (χ1v) is 3.88. The van der Waals surface area contributed by atoms with Crippen molar-refractivity contribution in [1.29, 1.82) is 0 Å². The van der Waals surface area contributed by atoms with Gasteiger partial charge in [-0.15, -0.1) is 0 Å². The molecular weight excluding hydrogens is 171 g/mol. The molecule has 0 spiro atoms. The van der Waals surface area contributed by atoms with Crippen LogP contribution in [-0.4, -0.2) is 50.3 Å². The highest BCUT2D eigenvalue weighted by Gasteiger charge is 2.33. The van der Waals surface area contributed by atoms with Gasteiger partial charge in [-0.25, -0.2) is 13.2 Å². The number of alkyl halides is 3. The first kappa shape index (κ1) is 9.80. The van der Waals surface area contributed by atoms with E-state index in [1.807, 2.05) is 0 Å². The molecule has 0 aromatic heterocycles. The molecule has 1 aliphatic rings. The van der Waals surface area contributed by atoms with E-state index in [9.17, 15) is 13.2 Å². The molecule has 0 saturated carbocycles. The van der Waals surface area contributed by atoms with Gasteiger partial charge in [0.05, 0.1) is 13.2 Å². The second-order valence-corrected chi connectivity index (χ2v) is 2.87. The molecule has 1 rings (SSSR count). The van der Waals surface area contributed by atoms with Crippen molar-refractivity contribution >= 4 is 0 Å². The maximum Gasteiger partial charge on any atom is 0.283 e. The van der Waals surface area contributed by atoms with Crippen LogP contribution in [0.15, 0.2) is 0 Å². The summed E-state index contributed by atoms with van der Waals surface area (Å²) in [7, 11) is 0. The highest BCUT2D eigenvalue weighted by Crippen LogP contribution is 2.17. The zero-order chi connectivity index (χ0) is 9.03. The number of halogens is 3. The second kappa shape index (κ2) is 4.09. The maximum atomic E-state index is 12.7. The molecule has 0 bridgehead atoms. The van der Waals surface area contributed by atoms with Crippen LogP contribution in [0.3, 0.4) is 0 Å². The Balaban J connectivity index is 2.42. The molecule has 0 atom stereocenters. The van der Waals surface area contributed by atoms with Crippen LogP contribution in [0.25, 0.3) is 0 Å². The molecule has 1 fully saturated rings. The van der Waals surface area contributed by atoms with Crippen molar-refractivity contribution in [2.24, 2.45) is 0 Å². The fourth-order valence-electron chi connectivity index (χ4n) is 1.18. The molecule has 0 aromatic carbocycles. The SMILES string of the molecule is FCCN1CCOCC(F)(F)C1. The highest BCUT2D eigenvalue weighted by molar-refractivity contribution is 4.74. The second-order valence-electron chi connectivity index (χ2n) is 2.87. The van der Waals surface area contributed by atoms with E-state index in [0.29, 0.717) is 6.54 Å². The maximum absolute atomic E-state index is 12.7. The standard InChI is InChI=1S/C7H12F3NO/c8-1-2-11-3-4-12-6-7(9,10)5-11/h1-6H2. The summed E-state index contributed by atoms with van der Waals surface area (Å²) in [6, 6.07) is 0. The molecule has 0 N–H and O–H groups in total. The van der Waals surface area contributed by atoms with Gasteiger partial charge in [-0.2, -0.15) is 0 Å². The molecule has 5 heteroatoms. The Morgan fingerprint density at radius 1 is 1.42 bits per heavy atom. The van der Waals surface area contributed by atoms with Crippen LogP contribution in [0.4, 0.5) is 13.2 Å². The van der Waals surface area contributed by atoms with Gasteiger partial charge in [0.2, 0.25) is 0 Å². The summed E-state index contributed by atoms with van der Waals surface area (Å²) in [5.74, 6) is -2.83. The van der Waals surface area contributed by atoms with Crippen LogP contribution >= 0.6 is 0 Å². The van der Waals surface area contributed by atoms with Gasteiger partial charge < -0.3 is 4.74 Å². The van der Waals surface area contributed by atoms with E-state index in [4.69, 9.17) is 0 Å². The van der Waals surface area contributed by atoms with E-state index in [0.717, 1.165) is 0 Å². The zero-order valence-electron chi connectivity index (χ0n) is 6.73. The lowest BCUT2D eigenvalue weighted by atomic mass is 10.3. The van der Waals surface area contributed by atoms with Crippen molar-refractivity contribution in [3.8, 4) is 0 Å². The van der Waals surface area contributed by atoms with E-state index >= 15 is 0 Å². The van der Waals surface area contributed by atoms with Crippen LogP contribution in [0.2, 0.25) is 0 Å². The molecule has 1 saturated heterocycles. The van der Waals surface area contributed by atoms with Crippen molar-refractivity contribution in [2.45, 2.75) is 5.92 Å². The summed E-state index contributed by atoms with van der Waals surface area (Å²) < 4.78 is 42.0. The average molecular weight is 183 g/mol. The van der Waals surface area contributed by atoms with Crippen LogP contribution in [0.1, 0.15) is 0 Å². The molecule has 1 aliphatic heterocycles. The number of rotatable bonds is 2. The summed E-state index contributed by atoms with van der Waals surface area (Å²) in [6.45, 7) is -0.809. The number of ether oxygens (including phenoxy) is 1. The number of hydrogen-bond donors (Lipinski definition) is 0. The smallest absolute Gasteiger partial charge is 0.283 e. The first-order chi connectivity index (χ1) is 5.64. The van der Waals surface area contributed by atoms with Crippen LogP contribution < -0.4 is 0 Å². The summed E-state index contributed by atoms with van der Waals surface area (Å²) >= 11 is 0. The molecule has 0 unspecified atom stereocenters. The molecule has 2 nitrogen and oxygen atoms in total. The topological polar surface area (TPSA) is 12.5 Å². The minimum absolute atomic E-state index is 0.0684. The lowest BCUT2D eigenvalue weighted by Crippen LogP contribution is -2.38. The van der Waals surface area contributed by atoms with Crippen molar-refractivity contribution in [2.75, 3.05) is 39.5 Å². The van der Waals surface area contributed by atoms with Crippen molar-refractivity contribution in [1.82, 2.24) is 4.90 Å². The predicted octanol–water partition coefficient (Wildman–Crippen LogP) is 0.923. The third-order valence-electron chi connectivity index (χ3n) is 1.72. The molecule has 0 aliphatic carbocycles. The van der Waals surface area contributed by atoms with Crippen molar-refractivity contribution in [3.63, 3.8) is 0 Å². The van der Waals surface area contributed by atoms with Crippen molar-refractivity contribution in [3.05, 3.63) is 0 Å². The summed E-state index contributed by atoms with van der Waals surface area (Å²) in [5, 5.41) is 0. The average Bonchev–Trinajstić information content (AvgIpc) is 2.11. The Morgan fingerprint density at radius 2 is 2.17 bits per heavy atom. The Bertz CT molecular complexity index is 143. The third-order valence-corrected chi connectivity index (χ3v) is 1.72. The van der Waals surface area contributed by atoms with E-state index in [1.165, 1.54) is 4.90 Å². The van der Waals surface area contributed by atoms with Gasteiger partial charge in [0, 0.05) is 13.1 Å². The fourth-order valence-corrected chi connectivity index (χ4v) is 1.18. The lowest BCUT2D eigenvalue weighted by Gasteiger charge is -2.21.